The molecule has 0 aromatic heterocycles. The summed E-state index contributed by atoms with van der Waals surface area (Å²) in [6.07, 6.45) is 0. The molecule has 5 heteroatoms. The van der Waals surface area contributed by atoms with Crippen LogP contribution < -0.4 is 10.6 Å². The van der Waals surface area contributed by atoms with Crippen LogP contribution >= 0.6 is 0 Å². The number of benzene rings is 2. The molecule has 5 nitrogen and oxygen atoms in total. The van der Waals surface area contributed by atoms with Gasteiger partial charge in [0.15, 0.2) is 0 Å². The zero-order chi connectivity index (χ0) is 16.7. The average molecular weight is 308 g/mol. The number of rotatable bonds is 2. The highest BCUT2D eigenvalue weighted by Gasteiger charge is 2.27. The van der Waals surface area contributed by atoms with Gasteiger partial charge in [0.25, 0.3) is 17.7 Å². The molecule has 0 bridgehead atoms. The van der Waals surface area contributed by atoms with Crippen molar-refractivity contribution in [1.82, 2.24) is 5.32 Å². The van der Waals surface area contributed by atoms with Crippen LogP contribution in [0.25, 0.3) is 0 Å². The van der Waals surface area contributed by atoms with Crippen LogP contribution in [0.2, 0.25) is 0 Å². The molecule has 2 aromatic rings. The van der Waals surface area contributed by atoms with Crippen molar-refractivity contribution in [2.45, 2.75) is 20.8 Å². The lowest BCUT2D eigenvalue weighted by Crippen LogP contribution is -2.20. The number of hydrogen-bond acceptors (Lipinski definition) is 3. The lowest BCUT2D eigenvalue weighted by molar-refractivity contribution is 0.0879. The molecule has 1 aliphatic heterocycles. The van der Waals surface area contributed by atoms with Gasteiger partial charge >= 0.3 is 0 Å². The molecular formula is C18H16N2O3. The number of fused-ring (bicyclic) bond motifs is 1. The third kappa shape index (κ3) is 2.50. The molecule has 1 heterocycles. The Morgan fingerprint density at radius 2 is 1.57 bits per heavy atom. The largest absolute Gasteiger partial charge is 0.321 e. The highest BCUT2D eigenvalue weighted by molar-refractivity contribution is 6.22. The van der Waals surface area contributed by atoms with Crippen LogP contribution in [0.1, 0.15) is 47.8 Å². The minimum atomic E-state index is -0.470. The number of anilines is 1. The summed E-state index contributed by atoms with van der Waals surface area (Å²) in [6.45, 7) is 5.86. The van der Waals surface area contributed by atoms with Crippen LogP contribution in [0.15, 0.2) is 30.3 Å². The van der Waals surface area contributed by atoms with E-state index in [0.717, 1.165) is 22.4 Å². The summed E-state index contributed by atoms with van der Waals surface area (Å²) in [5.41, 5.74) is 4.72. The van der Waals surface area contributed by atoms with Gasteiger partial charge in [0.1, 0.15) is 0 Å². The monoisotopic (exact) mass is 308 g/mol. The van der Waals surface area contributed by atoms with Crippen LogP contribution in [0.4, 0.5) is 5.69 Å². The van der Waals surface area contributed by atoms with E-state index >= 15 is 0 Å². The second-order valence-corrected chi connectivity index (χ2v) is 5.70. The first kappa shape index (κ1) is 15.0. The van der Waals surface area contributed by atoms with E-state index in [-0.39, 0.29) is 11.5 Å². The fourth-order valence-corrected chi connectivity index (χ4v) is 2.64. The summed E-state index contributed by atoms with van der Waals surface area (Å²) in [5, 5.41) is 5.11. The molecule has 0 spiro atoms. The van der Waals surface area contributed by atoms with E-state index in [4.69, 9.17) is 0 Å². The molecule has 0 saturated heterocycles. The van der Waals surface area contributed by atoms with Crippen LogP contribution in [0.3, 0.4) is 0 Å². The van der Waals surface area contributed by atoms with Gasteiger partial charge in [-0.1, -0.05) is 12.1 Å². The number of carbonyl (C=O) groups excluding carboxylic acids is 3. The van der Waals surface area contributed by atoms with E-state index in [1.54, 1.807) is 6.07 Å². The maximum absolute atomic E-state index is 12.5. The van der Waals surface area contributed by atoms with E-state index in [1.807, 2.05) is 32.9 Å². The smallest absolute Gasteiger partial charge is 0.258 e. The predicted octanol–water partition coefficient (Wildman–Crippen LogP) is 2.75. The Labute approximate surface area is 133 Å². The van der Waals surface area contributed by atoms with Crippen molar-refractivity contribution in [2.75, 3.05) is 5.32 Å². The van der Waals surface area contributed by atoms with Crippen LogP contribution in [0, 0.1) is 20.8 Å². The maximum atomic E-state index is 12.5. The van der Waals surface area contributed by atoms with Gasteiger partial charge in [0.05, 0.1) is 11.1 Å². The van der Waals surface area contributed by atoms with Crippen molar-refractivity contribution in [3.63, 3.8) is 0 Å². The van der Waals surface area contributed by atoms with Crippen molar-refractivity contribution in [3.8, 4) is 0 Å². The van der Waals surface area contributed by atoms with Gasteiger partial charge < -0.3 is 5.32 Å². The topological polar surface area (TPSA) is 75.3 Å². The van der Waals surface area contributed by atoms with Crippen molar-refractivity contribution < 1.29 is 14.4 Å². The zero-order valence-corrected chi connectivity index (χ0v) is 13.1. The Morgan fingerprint density at radius 1 is 0.913 bits per heavy atom. The number of nitrogens with one attached hydrogen (secondary N) is 2. The molecule has 116 valence electrons. The first-order valence-corrected chi connectivity index (χ1v) is 7.26. The van der Waals surface area contributed by atoms with Crippen molar-refractivity contribution >= 4 is 23.4 Å². The van der Waals surface area contributed by atoms with Gasteiger partial charge in [-0.05, 0) is 55.7 Å². The van der Waals surface area contributed by atoms with Gasteiger partial charge in [0, 0.05) is 11.3 Å². The van der Waals surface area contributed by atoms with E-state index in [2.05, 4.69) is 10.6 Å². The van der Waals surface area contributed by atoms with Crippen molar-refractivity contribution in [1.29, 1.82) is 0 Å². The molecule has 3 amide bonds. The Kier molecular flexibility index (Phi) is 3.48. The van der Waals surface area contributed by atoms with E-state index in [1.165, 1.54) is 12.1 Å². The third-order valence-electron chi connectivity index (χ3n) is 4.18. The molecule has 0 radical (unpaired) electrons. The van der Waals surface area contributed by atoms with Gasteiger partial charge in [-0.15, -0.1) is 0 Å². The van der Waals surface area contributed by atoms with Crippen molar-refractivity contribution in [2.24, 2.45) is 0 Å². The lowest BCUT2D eigenvalue weighted by Gasteiger charge is -2.14. The number of hydrogen-bond donors (Lipinski definition) is 2. The Hall–Kier alpha value is -2.95. The number of amides is 3. The molecule has 0 saturated carbocycles. The van der Waals surface area contributed by atoms with Crippen LogP contribution in [-0.2, 0) is 0 Å². The Bertz CT molecular complexity index is 869. The molecule has 2 N–H and O–H groups in total. The second kappa shape index (κ2) is 5.35. The summed E-state index contributed by atoms with van der Waals surface area (Å²) in [6, 6.07) is 8.46. The molecule has 2 aromatic carbocycles. The third-order valence-corrected chi connectivity index (χ3v) is 4.18. The minimum Gasteiger partial charge on any atom is -0.321 e. The fraction of sp³-hybridized carbons (Fsp3) is 0.167. The molecule has 0 unspecified atom stereocenters. The highest BCUT2D eigenvalue weighted by Crippen LogP contribution is 2.24. The average Bonchev–Trinajstić information content (AvgIpc) is 2.82. The summed E-state index contributed by atoms with van der Waals surface area (Å²) in [7, 11) is 0. The van der Waals surface area contributed by atoms with Crippen LogP contribution in [0.5, 0.6) is 0 Å². The standard InChI is InChI=1S/C18H16N2O3/c1-9-4-5-10(2)15(11(9)3)19-16(21)12-6-7-13-14(8-12)18(23)20-17(13)22/h4-8H,1-3H3,(H,19,21)(H,20,22,23). The highest BCUT2D eigenvalue weighted by atomic mass is 16.2. The summed E-state index contributed by atoms with van der Waals surface area (Å²) >= 11 is 0. The van der Waals surface area contributed by atoms with E-state index < -0.39 is 11.8 Å². The maximum Gasteiger partial charge on any atom is 0.258 e. The molecule has 0 aliphatic carbocycles. The molecule has 0 atom stereocenters. The van der Waals surface area contributed by atoms with E-state index in [0.29, 0.717) is 11.1 Å². The lowest BCUT2D eigenvalue weighted by atomic mass is 10.0. The molecule has 0 fully saturated rings. The van der Waals surface area contributed by atoms with E-state index in [9.17, 15) is 14.4 Å². The quantitative estimate of drug-likeness (QED) is 0.838. The van der Waals surface area contributed by atoms with Crippen molar-refractivity contribution in [3.05, 3.63) is 63.7 Å². The van der Waals surface area contributed by atoms with Gasteiger partial charge in [-0.2, -0.15) is 0 Å². The number of imide groups is 1. The van der Waals surface area contributed by atoms with Gasteiger partial charge in [-0.25, -0.2) is 0 Å². The molecule has 23 heavy (non-hydrogen) atoms. The summed E-state index contributed by atoms with van der Waals surface area (Å²) in [4.78, 5) is 35.7. The second-order valence-electron chi connectivity index (χ2n) is 5.70. The number of carbonyl (C=O) groups is 3. The minimum absolute atomic E-state index is 0.236. The SMILES string of the molecule is Cc1ccc(C)c(NC(=O)c2ccc3c(c2)C(=O)NC3=O)c1C. The van der Waals surface area contributed by atoms with Crippen LogP contribution in [-0.4, -0.2) is 17.7 Å². The zero-order valence-electron chi connectivity index (χ0n) is 13.1. The Morgan fingerprint density at radius 3 is 2.30 bits per heavy atom. The molecular weight excluding hydrogens is 292 g/mol. The predicted molar refractivity (Wildman–Crippen MR) is 86.8 cm³/mol. The first-order chi connectivity index (χ1) is 10.9. The van der Waals surface area contributed by atoms with Gasteiger partial charge in [-0.3, -0.25) is 19.7 Å². The fourth-order valence-electron chi connectivity index (χ4n) is 2.64. The first-order valence-electron chi connectivity index (χ1n) is 7.26. The molecule has 3 rings (SSSR count). The number of aryl methyl sites for hydroxylation is 2. The Balaban J connectivity index is 1.94. The van der Waals surface area contributed by atoms with Gasteiger partial charge in [0.2, 0.25) is 0 Å². The summed E-state index contributed by atoms with van der Waals surface area (Å²) in [5.74, 6) is -1.21. The normalized spacial score (nSPS) is 12.8. The summed E-state index contributed by atoms with van der Waals surface area (Å²) < 4.78 is 0. The molecule has 1 aliphatic rings.